The molecule has 318 valence electrons. The number of carbonyl (C=O) groups excluding carboxylic acids is 1. The second-order valence-corrected chi connectivity index (χ2v) is 44.4. The standard InChI is InChI=1S/C48H104OSi4/c1-15-17-18-19-20-21-22-23-27-30-33-36-40-45(50(3,4)5)47(52(9,10)11)42-38-43-48(53(12,13)14)46(51(6,7)8)41-37-34-31-28-25-24-26-29-32-35-39-44(49)16-2/h45-48H,15-43H2,1-14H3. The van der Waals surface area contributed by atoms with Crippen LogP contribution in [0.4, 0.5) is 0 Å². The summed E-state index contributed by atoms with van der Waals surface area (Å²) in [6, 6.07) is 0. The highest BCUT2D eigenvalue weighted by Crippen LogP contribution is 2.51. The van der Waals surface area contributed by atoms with Crippen molar-refractivity contribution in [1.82, 2.24) is 0 Å². The maximum atomic E-state index is 11.5. The lowest BCUT2D eigenvalue weighted by Crippen LogP contribution is -2.42. The number of rotatable bonds is 37. The second kappa shape index (κ2) is 29.7. The van der Waals surface area contributed by atoms with Gasteiger partial charge in [-0.3, -0.25) is 4.79 Å². The van der Waals surface area contributed by atoms with Gasteiger partial charge in [-0.15, -0.1) is 0 Å². The minimum Gasteiger partial charge on any atom is -0.300 e. The van der Waals surface area contributed by atoms with Crippen LogP contribution in [0.3, 0.4) is 0 Å². The van der Waals surface area contributed by atoms with Gasteiger partial charge >= 0.3 is 0 Å². The minimum atomic E-state index is -1.26. The Hall–Kier alpha value is 0.538. The van der Waals surface area contributed by atoms with Crippen LogP contribution in [0, 0.1) is 0 Å². The molecule has 0 amide bonds. The molecule has 0 aliphatic heterocycles. The highest BCUT2D eigenvalue weighted by molar-refractivity contribution is 6.84. The molecular weight excluding hydrogens is 705 g/mol. The molecule has 0 fully saturated rings. The lowest BCUT2D eigenvalue weighted by molar-refractivity contribution is -0.118. The van der Waals surface area contributed by atoms with Crippen LogP contribution in [0.25, 0.3) is 0 Å². The zero-order valence-electron chi connectivity index (χ0n) is 39.7. The quantitative estimate of drug-likeness (QED) is 0.0451. The van der Waals surface area contributed by atoms with Crippen LogP contribution in [-0.2, 0) is 4.79 Å². The predicted octanol–water partition coefficient (Wildman–Crippen LogP) is 18.7. The molecule has 0 aromatic rings. The third-order valence-electron chi connectivity index (χ3n) is 13.4. The molecular formula is C48H104OSi4. The molecule has 4 unspecified atom stereocenters. The number of carbonyl (C=O) groups is 1. The molecule has 0 bridgehead atoms. The largest absolute Gasteiger partial charge is 0.300 e. The van der Waals surface area contributed by atoms with Gasteiger partial charge in [0, 0.05) is 45.1 Å². The van der Waals surface area contributed by atoms with Crippen molar-refractivity contribution in [3.8, 4) is 0 Å². The van der Waals surface area contributed by atoms with Gasteiger partial charge in [-0.25, -0.2) is 0 Å². The molecule has 0 heterocycles. The van der Waals surface area contributed by atoms with Crippen molar-refractivity contribution in [1.29, 1.82) is 0 Å². The second-order valence-electron chi connectivity index (χ2n) is 22.5. The first kappa shape index (κ1) is 53.5. The Morgan fingerprint density at radius 1 is 0.321 bits per heavy atom. The van der Waals surface area contributed by atoms with Gasteiger partial charge in [-0.1, -0.05) is 259 Å². The van der Waals surface area contributed by atoms with E-state index in [0.717, 1.165) is 41.4 Å². The Morgan fingerprint density at radius 3 is 0.792 bits per heavy atom. The van der Waals surface area contributed by atoms with E-state index in [4.69, 9.17) is 0 Å². The van der Waals surface area contributed by atoms with Crippen molar-refractivity contribution in [2.75, 3.05) is 0 Å². The zero-order chi connectivity index (χ0) is 40.4. The van der Waals surface area contributed by atoms with Crippen molar-refractivity contribution in [3.05, 3.63) is 0 Å². The Bertz CT molecular complexity index is 859. The first-order chi connectivity index (χ1) is 24.8. The molecule has 0 saturated heterocycles. The average Bonchev–Trinajstić information content (AvgIpc) is 3.04. The van der Waals surface area contributed by atoms with E-state index in [0.29, 0.717) is 5.78 Å². The smallest absolute Gasteiger partial charge is 0.132 e. The van der Waals surface area contributed by atoms with E-state index in [1.807, 2.05) is 6.92 Å². The molecule has 0 aliphatic rings. The van der Waals surface area contributed by atoms with Gasteiger partial charge < -0.3 is 0 Å². The van der Waals surface area contributed by atoms with E-state index >= 15 is 0 Å². The molecule has 0 spiro atoms. The van der Waals surface area contributed by atoms with Crippen molar-refractivity contribution < 1.29 is 4.79 Å². The number of Topliss-reactive ketones (excluding diaryl/α,β-unsaturated/α-hetero) is 1. The summed E-state index contributed by atoms with van der Waals surface area (Å²) in [5.74, 6) is 0.444. The van der Waals surface area contributed by atoms with Crippen molar-refractivity contribution in [3.63, 3.8) is 0 Å². The molecule has 5 heteroatoms. The van der Waals surface area contributed by atoms with Gasteiger partial charge in [0.05, 0.1) is 0 Å². The number of hydrogen-bond acceptors (Lipinski definition) is 1. The van der Waals surface area contributed by atoms with Gasteiger partial charge in [0.1, 0.15) is 5.78 Å². The topological polar surface area (TPSA) is 17.1 Å². The molecule has 0 aromatic heterocycles. The number of ketones is 1. The maximum Gasteiger partial charge on any atom is 0.132 e. The fourth-order valence-electron chi connectivity index (χ4n) is 9.99. The van der Waals surface area contributed by atoms with Crippen molar-refractivity contribution in [2.24, 2.45) is 0 Å². The molecule has 4 atom stereocenters. The van der Waals surface area contributed by atoms with E-state index in [9.17, 15) is 4.79 Å². The van der Waals surface area contributed by atoms with E-state index in [1.54, 1.807) is 0 Å². The Morgan fingerprint density at radius 2 is 0.547 bits per heavy atom. The van der Waals surface area contributed by atoms with Crippen LogP contribution in [0.1, 0.15) is 200 Å². The highest BCUT2D eigenvalue weighted by atomic mass is 28.3. The molecule has 0 aromatic carbocycles. The van der Waals surface area contributed by atoms with Gasteiger partial charge in [-0.05, 0) is 28.6 Å². The van der Waals surface area contributed by atoms with Gasteiger partial charge in [0.2, 0.25) is 0 Å². The Kier molecular flexibility index (Phi) is 30.0. The van der Waals surface area contributed by atoms with E-state index in [-0.39, 0.29) is 0 Å². The summed E-state index contributed by atoms with van der Waals surface area (Å²) in [7, 11) is -5.00. The summed E-state index contributed by atoms with van der Waals surface area (Å²) in [5.41, 5.74) is 4.05. The maximum absolute atomic E-state index is 11.5. The number of unbranched alkanes of at least 4 members (excludes halogenated alkanes) is 20. The van der Waals surface area contributed by atoms with Crippen LogP contribution in [0.15, 0.2) is 0 Å². The predicted molar refractivity (Wildman–Crippen MR) is 259 cm³/mol. The van der Waals surface area contributed by atoms with Crippen LogP contribution in [0.2, 0.25) is 101 Å². The molecule has 0 saturated carbocycles. The molecule has 0 aliphatic carbocycles. The minimum absolute atomic E-state index is 0.444. The molecule has 53 heavy (non-hydrogen) atoms. The Balaban J connectivity index is 5.00. The first-order valence-electron chi connectivity index (χ1n) is 24.3. The van der Waals surface area contributed by atoms with Crippen LogP contribution in [0.5, 0.6) is 0 Å². The Labute approximate surface area is 342 Å². The van der Waals surface area contributed by atoms with Crippen molar-refractivity contribution in [2.45, 2.75) is 301 Å². The monoisotopic (exact) mass is 809 g/mol. The summed E-state index contributed by atoms with van der Waals surface area (Å²) in [4.78, 5) is 11.5. The van der Waals surface area contributed by atoms with E-state index in [1.165, 1.54) is 167 Å². The molecule has 0 rings (SSSR count). The lowest BCUT2D eigenvalue weighted by Gasteiger charge is -2.45. The number of hydrogen-bond donors (Lipinski definition) is 0. The molecule has 1 nitrogen and oxygen atoms in total. The molecule has 0 radical (unpaired) electrons. The van der Waals surface area contributed by atoms with Gasteiger partial charge in [0.15, 0.2) is 0 Å². The summed E-state index contributed by atoms with van der Waals surface area (Å²) in [5, 5.41) is 0. The summed E-state index contributed by atoms with van der Waals surface area (Å²) >= 11 is 0. The average molecular weight is 810 g/mol. The normalized spacial score (nSPS) is 15.4. The fourth-order valence-corrected chi connectivity index (χ4v) is 25.8. The van der Waals surface area contributed by atoms with Crippen LogP contribution in [-0.4, -0.2) is 38.1 Å². The van der Waals surface area contributed by atoms with Crippen LogP contribution < -0.4 is 0 Å². The summed E-state index contributed by atoms with van der Waals surface area (Å²) in [6.45, 7) is 37.0. The van der Waals surface area contributed by atoms with Gasteiger partial charge in [0.25, 0.3) is 0 Å². The summed E-state index contributed by atoms with van der Waals surface area (Å²) < 4.78 is 0. The van der Waals surface area contributed by atoms with E-state index in [2.05, 4.69) is 85.5 Å². The lowest BCUT2D eigenvalue weighted by atomic mass is 10.0. The third-order valence-corrected chi connectivity index (χ3v) is 25.8. The SMILES string of the molecule is CCCCCCCCCCCCCCC(C(CCCC(C(CCCCCCCCCCCCC(=O)CC)[Si](C)(C)C)[Si](C)(C)C)[Si](C)(C)C)[Si](C)(C)C. The fraction of sp³-hybridized carbons (Fsp3) is 0.979. The highest BCUT2D eigenvalue weighted by Gasteiger charge is 2.42. The molecule has 0 N–H and O–H groups in total. The first-order valence-corrected chi connectivity index (χ1v) is 38.6. The zero-order valence-corrected chi connectivity index (χ0v) is 43.7. The summed E-state index contributed by atoms with van der Waals surface area (Å²) in [6.07, 6.45) is 40.3. The third kappa shape index (κ3) is 27.7. The van der Waals surface area contributed by atoms with Gasteiger partial charge in [-0.2, -0.15) is 0 Å². The van der Waals surface area contributed by atoms with E-state index < -0.39 is 32.3 Å². The van der Waals surface area contributed by atoms with Crippen molar-refractivity contribution >= 4 is 38.1 Å². The van der Waals surface area contributed by atoms with Crippen LogP contribution >= 0.6 is 0 Å².